The number of hydrogen-bond donors (Lipinski definition) is 3. The molecule has 0 heterocycles. The van der Waals surface area contributed by atoms with E-state index < -0.39 is 38.0 Å². The van der Waals surface area contributed by atoms with Gasteiger partial charge in [0.1, 0.15) is 0 Å². The van der Waals surface area contributed by atoms with Crippen molar-refractivity contribution < 1.29 is 18.1 Å². The molecule has 9 nitrogen and oxygen atoms in total. The Morgan fingerprint density at radius 1 is 1.38 bits per heavy atom. The first-order chi connectivity index (χ1) is 9.81. The van der Waals surface area contributed by atoms with Crippen LogP contribution in [-0.4, -0.2) is 39.4 Å². The molecule has 0 aromatic heterocycles. The molecule has 0 bridgehead atoms. The lowest BCUT2D eigenvalue weighted by Gasteiger charge is -2.08. The predicted octanol–water partition coefficient (Wildman–Crippen LogP) is 0.0509. The fraction of sp³-hybridized carbons (Fsp3) is 0.364. The second kappa shape index (κ2) is 6.99. The Balaban J connectivity index is 3.08. The zero-order valence-electron chi connectivity index (χ0n) is 11.5. The highest BCUT2D eigenvalue weighted by molar-refractivity contribution is 7.89. The fourth-order valence-electron chi connectivity index (χ4n) is 1.54. The summed E-state index contributed by atoms with van der Waals surface area (Å²) >= 11 is 0. The number of nitrogens with zero attached hydrogens (tertiary/aromatic N) is 1. The van der Waals surface area contributed by atoms with E-state index in [1.54, 1.807) is 14.0 Å². The van der Waals surface area contributed by atoms with E-state index in [-0.39, 0.29) is 0 Å². The van der Waals surface area contributed by atoms with E-state index in [0.717, 1.165) is 12.1 Å². The highest BCUT2D eigenvalue weighted by Crippen LogP contribution is 2.26. The molecule has 1 aromatic rings. The molecule has 10 heteroatoms. The van der Waals surface area contributed by atoms with Crippen LogP contribution in [0.1, 0.15) is 6.92 Å². The third-order valence-electron chi connectivity index (χ3n) is 2.53. The maximum atomic E-state index is 12.0. The van der Waals surface area contributed by atoms with Crippen LogP contribution in [-0.2, 0) is 14.8 Å². The molecule has 3 N–H and O–H groups in total. The summed E-state index contributed by atoms with van der Waals surface area (Å²) in [5.41, 5.74) is -0.158. The standard InChI is InChI=1S/C11H16N4O5S/c1-3-13-11(16)7-14-21(19,20)10-5-4-8(12-2)6-9(10)15(17)18/h4-6,12,14H,3,7H2,1-2H3,(H,13,16). The lowest BCUT2D eigenvalue weighted by molar-refractivity contribution is -0.387. The summed E-state index contributed by atoms with van der Waals surface area (Å²) in [4.78, 5) is 21.0. The fourth-order valence-corrected chi connectivity index (χ4v) is 2.67. The molecule has 0 atom stereocenters. The van der Waals surface area contributed by atoms with Crippen molar-refractivity contribution in [2.75, 3.05) is 25.5 Å². The second-order valence-electron chi connectivity index (χ2n) is 3.97. The Morgan fingerprint density at radius 2 is 2.05 bits per heavy atom. The molecule has 1 rings (SSSR count). The van der Waals surface area contributed by atoms with Gasteiger partial charge in [0.25, 0.3) is 5.69 Å². The van der Waals surface area contributed by atoms with Gasteiger partial charge in [-0.05, 0) is 19.1 Å². The first-order valence-electron chi connectivity index (χ1n) is 6.04. The minimum Gasteiger partial charge on any atom is -0.388 e. The smallest absolute Gasteiger partial charge is 0.291 e. The minimum absolute atomic E-state index is 0.359. The number of nitro groups is 1. The van der Waals surface area contributed by atoms with Crippen LogP contribution in [0.4, 0.5) is 11.4 Å². The number of benzene rings is 1. The van der Waals surface area contributed by atoms with Crippen LogP contribution in [0.25, 0.3) is 0 Å². The molecule has 0 aliphatic carbocycles. The van der Waals surface area contributed by atoms with Gasteiger partial charge >= 0.3 is 0 Å². The first-order valence-corrected chi connectivity index (χ1v) is 7.52. The van der Waals surface area contributed by atoms with E-state index in [0.29, 0.717) is 12.2 Å². The molecule has 0 spiro atoms. The molecule has 1 aromatic carbocycles. The van der Waals surface area contributed by atoms with Crippen molar-refractivity contribution in [3.8, 4) is 0 Å². The summed E-state index contributed by atoms with van der Waals surface area (Å²) in [6, 6.07) is 3.62. The van der Waals surface area contributed by atoms with Crippen LogP contribution in [0.2, 0.25) is 0 Å². The molecule has 1 amide bonds. The van der Waals surface area contributed by atoms with Crippen molar-refractivity contribution in [3.05, 3.63) is 28.3 Å². The second-order valence-corrected chi connectivity index (χ2v) is 5.70. The van der Waals surface area contributed by atoms with Crippen LogP contribution < -0.4 is 15.4 Å². The van der Waals surface area contributed by atoms with Gasteiger partial charge in [0.05, 0.1) is 11.5 Å². The number of carbonyl (C=O) groups is 1. The molecule has 0 aliphatic heterocycles. The largest absolute Gasteiger partial charge is 0.388 e. The zero-order chi connectivity index (χ0) is 16.0. The number of rotatable bonds is 7. The Hall–Kier alpha value is -2.20. The summed E-state index contributed by atoms with van der Waals surface area (Å²) in [5.74, 6) is -0.518. The summed E-state index contributed by atoms with van der Waals surface area (Å²) in [5, 5.41) is 16.1. The number of nitro benzene ring substituents is 1. The maximum Gasteiger partial charge on any atom is 0.291 e. The highest BCUT2D eigenvalue weighted by Gasteiger charge is 2.26. The third-order valence-corrected chi connectivity index (χ3v) is 3.98. The molecule has 0 aliphatic rings. The summed E-state index contributed by atoms with van der Waals surface area (Å²) < 4.78 is 26.1. The van der Waals surface area contributed by atoms with Crippen LogP contribution in [0.3, 0.4) is 0 Å². The van der Waals surface area contributed by atoms with Crippen LogP contribution >= 0.6 is 0 Å². The van der Waals surface area contributed by atoms with Crippen molar-refractivity contribution in [2.45, 2.75) is 11.8 Å². The van der Waals surface area contributed by atoms with Gasteiger partial charge in [0, 0.05) is 25.3 Å². The van der Waals surface area contributed by atoms with E-state index in [2.05, 4.69) is 10.6 Å². The van der Waals surface area contributed by atoms with Gasteiger partial charge in [0.15, 0.2) is 4.90 Å². The van der Waals surface area contributed by atoms with E-state index in [9.17, 15) is 23.3 Å². The van der Waals surface area contributed by atoms with Gasteiger partial charge < -0.3 is 10.6 Å². The van der Waals surface area contributed by atoms with E-state index in [1.807, 2.05) is 4.72 Å². The average Bonchev–Trinajstić information content (AvgIpc) is 2.45. The zero-order valence-corrected chi connectivity index (χ0v) is 12.4. The van der Waals surface area contributed by atoms with Gasteiger partial charge in [-0.3, -0.25) is 14.9 Å². The van der Waals surface area contributed by atoms with E-state index in [1.165, 1.54) is 6.07 Å². The van der Waals surface area contributed by atoms with Gasteiger partial charge in [-0.1, -0.05) is 0 Å². The number of amides is 1. The van der Waals surface area contributed by atoms with Crippen LogP contribution in [0.5, 0.6) is 0 Å². The Morgan fingerprint density at radius 3 is 2.57 bits per heavy atom. The highest BCUT2D eigenvalue weighted by atomic mass is 32.2. The molecular weight excluding hydrogens is 300 g/mol. The molecular formula is C11H16N4O5S. The minimum atomic E-state index is -4.15. The monoisotopic (exact) mass is 316 g/mol. The lowest BCUT2D eigenvalue weighted by Crippen LogP contribution is -2.36. The Bertz CT molecular complexity index is 644. The lowest BCUT2D eigenvalue weighted by atomic mass is 10.3. The predicted molar refractivity (Wildman–Crippen MR) is 76.5 cm³/mol. The van der Waals surface area contributed by atoms with Crippen molar-refractivity contribution in [1.82, 2.24) is 10.0 Å². The number of likely N-dealkylation sites (N-methyl/N-ethyl adjacent to an activating group) is 1. The Kier molecular flexibility index (Phi) is 5.61. The van der Waals surface area contributed by atoms with Crippen LogP contribution in [0, 0.1) is 10.1 Å². The van der Waals surface area contributed by atoms with Gasteiger partial charge in [-0.15, -0.1) is 0 Å². The summed E-state index contributed by atoms with van der Waals surface area (Å²) in [7, 11) is -2.60. The molecule has 21 heavy (non-hydrogen) atoms. The number of sulfonamides is 1. The molecule has 0 saturated heterocycles. The van der Waals surface area contributed by atoms with Crippen LogP contribution in [0.15, 0.2) is 23.1 Å². The molecule has 0 radical (unpaired) electrons. The Labute approximate surface area is 121 Å². The summed E-state index contributed by atoms with van der Waals surface area (Å²) in [6.07, 6.45) is 0. The molecule has 0 saturated carbocycles. The van der Waals surface area contributed by atoms with E-state index >= 15 is 0 Å². The number of carbonyl (C=O) groups excluding carboxylic acids is 1. The first kappa shape index (κ1) is 16.9. The average molecular weight is 316 g/mol. The molecule has 116 valence electrons. The number of hydrogen-bond acceptors (Lipinski definition) is 6. The summed E-state index contributed by atoms with van der Waals surface area (Å²) in [6.45, 7) is 1.56. The maximum absolute atomic E-state index is 12.0. The molecule has 0 unspecified atom stereocenters. The quantitative estimate of drug-likeness (QED) is 0.481. The van der Waals surface area contributed by atoms with Crippen molar-refractivity contribution >= 4 is 27.3 Å². The van der Waals surface area contributed by atoms with Gasteiger partial charge in [-0.25, -0.2) is 13.1 Å². The van der Waals surface area contributed by atoms with Gasteiger partial charge in [-0.2, -0.15) is 0 Å². The van der Waals surface area contributed by atoms with E-state index in [4.69, 9.17) is 0 Å². The van der Waals surface area contributed by atoms with Gasteiger partial charge in [0.2, 0.25) is 15.9 Å². The normalized spacial score (nSPS) is 11.0. The number of nitrogens with one attached hydrogen (secondary N) is 3. The van der Waals surface area contributed by atoms with Crippen molar-refractivity contribution in [2.24, 2.45) is 0 Å². The SMILES string of the molecule is CCNC(=O)CNS(=O)(=O)c1ccc(NC)cc1[N+](=O)[O-]. The van der Waals surface area contributed by atoms with Crippen molar-refractivity contribution in [1.29, 1.82) is 0 Å². The molecule has 0 fully saturated rings. The number of anilines is 1. The third kappa shape index (κ3) is 4.39. The topological polar surface area (TPSA) is 130 Å². The van der Waals surface area contributed by atoms with Crippen molar-refractivity contribution in [3.63, 3.8) is 0 Å².